The van der Waals surface area contributed by atoms with E-state index in [1.807, 2.05) is 18.2 Å². The van der Waals surface area contributed by atoms with Gasteiger partial charge in [0.15, 0.2) is 0 Å². The van der Waals surface area contributed by atoms with Crippen LogP contribution in [0.2, 0.25) is 0 Å². The predicted molar refractivity (Wildman–Crippen MR) is 73.6 cm³/mol. The van der Waals surface area contributed by atoms with Gasteiger partial charge < -0.3 is 4.57 Å². The highest BCUT2D eigenvalue weighted by Crippen LogP contribution is 2.16. The summed E-state index contributed by atoms with van der Waals surface area (Å²) in [5, 5.41) is 1.27. The molecule has 0 aliphatic heterocycles. The van der Waals surface area contributed by atoms with Gasteiger partial charge in [0, 0.05) is 12.4 Å². The lowest BCUT2D eigenvalue weighted by molar-refractivity contribution is 1.23. The first-order valence-corrected chi connectivity index (χ1v) is 5.72. The molecule has 17 heavy (non-hydrogen) atoms. The summed E-state index contributed by atoms with van der Waals surface area (Å²) in [6, 6.07) is 20.8. The number of aromatic nitrogens is 1. The Bertz CT molecular complexity index is 647. The minimum Gasteiger partial charge on any atom is -0.323 e. The molecule has 0 saturated carbocycles. The molecule has 1 heteroatoms. The SMILES string of the molecule is C(=C\n1ccc2ccccc21)/c1ccccc1. The van der Waals surface area contributed by atoms with Crippen LogP contribution in [-0.2, 0) is 0 Å². The number of rotatable bonds is 2. The Morgan fingerprint density at radius 2 is 1.53 bits per heavy atom. The number of para-hydroxylation sites is 1. The van der Waals surface area contributed by atoms with Crippen molar-refractivity contribution in [2.24, 2.45) is 0 Å². The van der Waals surface area contributed by atoms with Crippen LogP contribution in [0, 0.1) is 0 Å². The summed E-state index contributed by atoms with van der Waals surface area (Å²) in [7, 11) is 0. The second kappa shape index (κ2) is 4.30. The maximum atomic E-state index is 2.14. The van der Waals surface area contributed by atoms with E-state index in [-0.39, 0.29) is 0 Å². The first-order chi connectivity index (χ1) is 8.43. The van der Waals surface area contributed by atoms with Crippen LogP contribution in [0.25, 0.3) is 23.2 Å². The van der Waals surface area contributed by atoms with Gasteiger partial charge in [0.1, 0.15) is 0 Å². The Balaban J connectivity index is 1.98. The zero-order valence-corrected chi connectivity index (χ0v) is 9.45. The van der Waals surface area contributed by atoms with Crippen LogP contribution in [0.15, 0.2) is 66.9 Å². The van der Waals surface area contributed by atoms with Gasteiger partial charge in [0.25, 0.3) is 0 Å². The summed E-state index contributed by atoms with van der Waals surface area (Å²) >= 11 is 0. The maximum absolute atomic E-state index is 2.14. The lowest BCUT2D eigenvalue weighted by Crippen LogP contribution is -1.81. The van der Waals surface area contributed by atoms with Crippen molar-refractivity contribution in [2.45, 2.75) is 0 Å². The molecule has 2 aromatic carbocycles. The molecule has 3 rings (SSSR count). The van der Waals surface area contributed by atoms with Crippen molar-refractivity contribution in [3.05, 3.63) is 72.4 Å². The van der Waals surface area contributed by atoms with Crippen LogP contribution in [0.3, 0.4) is 0 Å². The van der Waals surface area contributed by atoms with Gasteiger partial charge >= 0.3 is 0 Å². The Morgan fingerprint density at radius 3 is 2.41 bits per heavy atom. The minimum atomic E-state index is 1.21. The summed E-state index contributed by atoms with van der Waals surface area (Å²) < 4.78 is 2.14. The molecule has 1 heterocycles. The molecular weight excluding hydrogens is 206 g/mol. The van der Waals surface area contributed by atoms with E-state index in [0.29, 0.717) is 0 Å². The first-order valence-electron chi connectivity index (χ1n) is 5.72. The predicted octanol–water partition coefficient (Wildman–Crippen LogP) is 4.27. The van der Waals surface area contributed by atoms with Crippen molar-refractivity contribution in [3.8, 4) is 0 Å². The minimum absolute atomic E-state index is 1.21. The average Bonchev–Trinajstić information content (AvgIpc) is 2.81. The molecule has 0 atom stereocenters. The molecule has 1 aromatic heterocycles. The van der Waals surface area contributed by atoms with E-state index < -0.39 is 0 Å². The molecule has 0 unspecified atom stereocenters. The van der Waals surface area contributed by atoms with E-state index in [0.717, 1.165) is 0 Å². The van der Waals surface area contributed by atoms with Gasteiger partial charge in [-0.25, -0.2) is 0 Å². The van der Waals surface area contributed by atoms with E-state index in [9.17, 15) is 0 Å². The molecule has 0 aliphatic carbocycles. The molecule has 0 amide bonds. The fourth-order valence-electron chi connectivity index (χ4n) is 1.97. The smallest absolute Gasteiger partial charge is 0.0522 e. The molecule has 1 nitrogen and oxygen atoms in total. The number of hydrogen-bond acceptors (Lipinski definition) is 0. The molecule has 3 aromatic rings. The van der Waals surface area contributed by atoms with Crippen molar-refractivity contribution in [1.29, 1.82) is 0 Å². The van der Waals surface area contributed by atoms with E-state index in [4.69, 9.17) is 0 Å². The van der Waals surface area contributed by atoms with Crippen LogP contribution >= 0.6 is 0 Å². The highest BCUT2D eigenvalue weighted by atomic mass is 14.9. The van der Waals surface area contributed by atoms with Crippen molar-refractivity contribution in [3.63, 3.8) is 0 Å². The number of hydrogen-bond donors (Lipinski definition) is 0. The highest BCUT2D eigenvalue weighted by molar-refractivity contribution is 5.83. The van der Waals surface area contributed by atoms with Gasteiger partial charge in [-0.2, -0.15) is 0 Å². The summed E-state index contributed by atoms with van der Waals surface area (Å²) in [4.78, 5) is 0. The molecule has 0 N–H and O–H groups in total. The number of fused-ring (bicyclic) bond motifs is 1. The normalized spacial score (nSPS) is 11.3. The number of benzene rings is 2. The van der Waals surface area contributed by atoms with Crippen LogP contribution in [-0.4, -0.2) is 4.57 Å². The highest BCUT2D eigenvalue weighted by Gasteiger charge is 1.95. The topological polar surface area (TPSA) is 4.93 Å². The van der Waals surface area contributed by atoms with Crippen molar-refractivity contribution in [1.82, 2.24) is 4.57 Å². The lowest BCUT2D eigenvalue weighted by Gasteiger charge is -1.97. The maximum Gasteiger partial charge on any atom is 0.0522 e. The molecule has 0 aliphatic rings. The van der Waals surface area contributed by atoms with Crippen LogP contribution in [0.1, 0.15) is 5.56 Å². The largest absolute Gasteiger partial charge is 0.323 e. The van der Waals surface area contributed by atoms with Crippen molar-refractivity contribution < 1.29 is 0 Å². The molecular formula is C16H13N. The van der Waals surface area contributed by atoms with Gasteiger partial charge in [-0.3, -0.25) is 0 Å². The Kier molecular flexibility index (Phi) is 2.51. The first kappa shape index (κ1) is 9.91. The summed E-state index contributed by atoms with van der Waals surface area (Å²) in [6.45, 7) is 0. The monoisotopic (exact) mass is 219 g/mol. The van der Waals surface area contributed by atoms with Gasteiger partial charge in [0.05, 0.1) is 5.52 Å². The molecule has 0 radical (unpaired) electrons. The summed E-state index contributed by atoms with van der Waals surface area (Å²) in [5.41, 5.74) is 2.45. The Morgan fingerprint density at radius 1 is 0.765 bits per heavy atom. The average molecular weight is 219 g/mol. The third-order valence-corrected chi connectivity index (χ3v) is 2.86. The van der Waals surface area contributed by atoms with E-state index in [1.54, 1.807) is 0 Å². The molecule has 0 bridgehead atoms. The van der Waals surface area contributed by atoms with Gasteiger partial charge in [-0.1, -0.05) is 48.5 Å². The second-order valence-corrected chi connectivity index (χ2v) is 4.01. The second-order valence-electron chi connectivity index (χ2n) is 4.01. The quantitative estimate of drug-likeness (QED) is 0.606. The van der Waals surface area contributed by atoms with Crippen LogP contribution in [0.4, 0.5) is 0 Å². The molecule has 0 spiro atoms. The fraction of sp³-hybridized carbons (Fsp3) is 0. The molecule has 0 fully saturated rings. The van der Waals surface area contributed by atoms with E-state index in [1.165, 1.54) is 16.5 Å². The van der Waals surface area contributed by atoms with E-state index in [2.05, 4.69) is 65.5 Å². The van der Waals surface area contributed by atoms with E-state index >= 15 is 0 Å². The standard InChI is InChI=1S/C16H13N/c1-2-6-14(7-3-1)10-12-17-13-11-15-8-4-5-9-16(15)17/h1-13H/b12-10+. The van der Waals surface area contributed by atoms with Crippen molar-refractivity contribution in [2.75, 3.05) is 0 Å². The summed E-state index contributed by atoms with van der Waals surface area (Å²) in [5.74, 6) is 0. The third kappa shape index (κ3) is 2.00. The lowest BCUT2D eigenvalue weighted by atomic mass is 10.2. The molecule has 82 valence electrons. The van der Waals surface area contributed by atoms with Crippen LogP contribution < -0.4 is 0 Å². The van der Waals surface area contributed by atoms with Gasteiger partial charge in [-0.05, 0) is 29.2 Å². The van der Waals surface area contributed by atoms with Gasteiger partial charge in [-0.15, -0.1) is 0 Å². The fourth-order valence-corrected chi connectivity index (χ4v) is 1.97. The van der Waals surface area contributed by atoms with Crippen LogP contribution in [0.5, 0.6) is 0 Å². The number of nitrogens with zero attached hydrogens (tertiary/aromatic N) is 1. The van der Waals surface area contributed by atoms with Crippen molar-refractivity contribution >= 4 is 23.2 Å². The van der Waals surface area contributed by atoms with Gasteiger partial charge in [0.2, 0.25) is 0 Å². The summed E-state index contributed by atoms with van der Waals surface area (Å²) in [6.07, 6.45) is 6.30. The Hall–Kier alpha value is -2.28. The third-order valence-electron chi connectivity index (χ3n) is 2.86. The zero-order valence-electron chi connectivity index (χ0n) is 9.45. The Labute approximate surface area is 101 Å². The molecule has 0 saturated heterocycles. The zero-order chi connectivity index (χ0) is 11.5.